The Morgan fingerprint density at radius 1 is 1.50 bits per heavy atom. The van der Waals surface area contributed by atoms with Crippen molar-refractivity contribution in [2.45, 2.75) is 12.8 Å². The molecular formula is C13H13BrClN3O2. The summed E-state index contributed by atoms with van der Waals surface area (Å²) in [5.74, 6) is 1.54. The number of nitrogens with zero attached hydrogens (tertiary/aromatic N) is 1. The molecule has 5 nitrogen and oxygen atoms in total. The molecule has 1 aromatic carbocycles. The number of nitrogens with one attached hydrogen (secondary N) is 2. The van der Waals surface area contributed by atoms with Crippen LogP contribution in [0.25, 0.3) is 0 Å². The summed E-state index contributed by atoms with van der Waals surface area (Å²) >= 11 is 9.10. The predicted molar refractivity (Wildman–Crippen MR) is 83.0 cm³/mol. The van der Waals surface area contributed by atoms with Crippen LogP contribution in [-0.2, 0) is 5.88 Å². The molecular weight excluding hydrogens is 346 g/mol. The largest absolute Gasteiger partial charge is 0.494 e. The SMILES string of the molecule is CCOc1ccc(Nc2nc[nH]c(=O)c2Br)cc1CCl. The third-order valence-corrected chi connectivity index (χ3v) is 3.59. The number of benzene rings is 1. The summed E-state index contributed by atoms with van der Waals surface area (Å²) in [4.78, 5) is 18.0. The third kappa shape index (κ3) is 3.32. The number of aromatic nitrogens is 2. The minimum absolute atomic E-state index is 0.244. The fourth-order valence-corrected chi connectivity index (χ4v) is 2.19. The molecule has 0 unspecified atom stereocenters. The normalized spacial score (nSPS) is 10.3. The number of alkyl halides is 1. The molecule has 0 aliphatic rings. The van der Waals surface area contributed by atoms with Crippen molar-refractivity contribution in [2.75, 3.05) is 11.9 Å². The monoisotopic (exact) mass is 357 g/mol. The molecule has 1 aromatic heterocycles. The van der Waals surface area contributed by atoms with Crippen molar-refractivity contribution >= 4 is 39.0 Å². The molecule has 7 heteroatoms. The number of rotatable bonds is 5. The van der Waals surface area contributed by atoms with Crippen molar-refractivity contribution in [2.24, 2.45) is 0 Å². The van der Waals surface area contributed by atoms with E-state index in [0.29, 0.717) is 22.8 Å². The molecule has 0 aliphatic carbocycles. The van der Waals surface area contributed by atoms with Gasteiger partial charge in [0.2, 0.25) is 0 Å². The molecule has 0 bridgehead atoms. The van der Waals surface area contributed by atoms with Crippen LogP contribution in [0.3, 0.4) is 0 Å². The molecule has 0 saturated heterocycles. The second-order valence-corrected chi connectivity index (χ2v) is 4.97. The number of aromatic amines is 1. The molecule has 0 amide bonds. The van der Waals surface area contributed by atoms with Crippen LogP contribution in [0.15, 0.2) is 33.8 Å². The van der Waals surface area contributed by atoms with E-state index in [0.717, 1.165) is 17.0 Å². The molecule has 0 spiro atoms. The van der Waals surface area contributed by atoms with Gasteiger partial charge in [-0.05, 0) is 41.1 Å². The van der Waals surface area contributed by atoms with E-state index < -0.39 is 0 Å². The van der Waals surface area contributed by atoms with Gasteiger partial charge in [0, 0.05) is 11.3 Å². The van der Waals surface area contributed by atoms with Gasteiger partial charge in [-0.3, -0.25) is 4.79 Å². The Hall–Kier alpha value is -1.53. The van der Waals surface area contributed by atoms with Gasteiger partial charge in [-0.1, -0.05) is 0 Å². The summed E-state index contributed by atoms with van der Waals surface area (Å²) in [5.41, 5.74) is 1.41. The lowest BCUT2D eigenvalue weighted by atomic mass is 10.2. The Morgan fingerprint density at radius 3 is 3.00 bits per heavy atom. The lowest BCUT2D eigenvalue weighted by molar-refractivity contribution is 0.337. The Labute approximate surface area is 129 Å². The fourth-order valence-electron chi connectivity index (χ4n) is 1.66. The van der Waals surface area contributed by atoms with Crippen LogP contribution in [0.4, 0.5) is 11.5 Å². The number of H-pyrrole nitrogens is 1. The minimum atomic E-state index is -0.244. The van der Waals surface area contributed by atoms with Crippen LogP contribution < -0.4 is 15.6 Å². The van der Waals surface area contributed by atoms with E-state index in [-0.39, 0.29) is 5.56 Å². The third-order valence-electron chi connectivity index (χ3n) is 2.56. The number of halogens is 2. The molecule has 106 valence electrons. The van der Waals surface area contributed by atoms with Crippen LogP contribution in [0.5, 0.6) is 5.75 Å². The topological polar surface area (TPSA) is 67.0 Å². The summed E-state index contributed by atoms with van der Waals surface area (Å²) in [5, 5.41) is 3.06. The maximum absolute atomic E-state index is 11.5. The van der Waals surface area contributed by atoms with Gasteiger partial charge in [0.15, 0.2) is 5.82 Å². The highest BCUT2D eigenvalue weighted by Gasteiger charge is 2.08. The first kappa shape index (κ1) is 14.9. The smallest absolute Gasteiger partial charge is 0.267 e. The van der Waals surface area contributed by atoms with Gasteiger partial charge in [0.1, 0.15) is 10.2 Å². The molecule has 1 heterocycles. The van der Waals surface area contributed by atoms with Gasteiger partial charge < -0.3 is 15.0 Å². The molecule has 2 rings (SSSR count). The Balaban J connectivity index is 2.30. The standard InChI is InChI=1S/C13H13BrClN3O2/c1-2-20-10-4-3-9(5-8(10)6-15)18-12-11(14)13(19)17-7-16-12/h3-5,7H,2,6H2,1H3,(H2,16,17,18,19). The van der Waals surface area contributed by atoms with Crippen molar-refractivity contribution in [3.63, 3.8) is 0 Å². The van der Waals surface area contributed by atoms with E-state index in [2.05, 4.69) is 31.2 Å². The van der Waals surface area contributed by atoms with Gasteiger partial charge in [0.25, 0.3) is 5.56 Å². The van der Waals surface area contributed by atoms with Crippen LogP contribution in [0.2, 0.25) is 0 Å². The molecule has 0 fully saturated rings. The fraction of sp³-hybridized carbons (Fsp3) is 0.231. The Kier molecular flexibility index (Phi) is 5.03. The summed E-state index contributed by atoms with van der Waals surface area (Å²) in [7, 11) is 0. The maximum atomic E-state index is 11.5. The summed E-state index contributed by atoms with van der Waals surface area (Å²) < 4.78 is 5.83. The zero-order valence-corrected chi connectivity index (χ0v) is 13.1. The highest BCUT2D eigenvalue weighted by Crippen LogP contribution is 2.27. The van der Waals surface area contributed by atoms with Crippen LogP contribution in [-0.4, -0.2) is 16.6 Å². The van der Waals surface area contributed by atoms with E-state index in [1.54, 1.807) is 0 Å². The van der Waals surface area contributed by atoms with Crippen LogP contribution >= 0.6 is 27.5 Å². The first-order chi connectivity index (χ1) is 9.65. The second-order valence-electron chi connectivity index (χ2n) is 3.91. The lowest BCUT2D eigenvalue weighted by Crippen LogP contribution is -2.10. The molecule has 0 atom stereocenters. The molecule has 0 saturated carbocycles. The van der Waals surface area contributed by atoms with Crippen molar-refractivity contribution in [3.8, 4) is 5.75 Å². The predicted octanol–water partition coefficient (Wildman–Crippen LogP) is 3.41. The van der Waals surface area contributed by atoms with Crippen molar-refractivity contribution in [1.29, 1.82) is 0 Å². The molecule has 20 heavy (non-hydrogen) atoms. The quantitative estimate of drug-likeness (QED) is 0.804. The summed E-state index contributed by atoms with van der Waals surface area (Å²) in [6, 6.07) is 5.55. The minimum Gasteiger partial charge on any atom is -0.494 e. The first-order valence-corrected chi connectivity index (χ1v) is 7.30. The Morgan fingerprint density at radius 2 is 2.30 bits per heavy atom. The molecule has 2 N–H and O–H groups in total. The number of hydrogen-bond donors (Lipinski definition) is 2. The first-order valence-electron chi connectivity index (χ1n) is 5.97. The van der Waals surface area contributed by atoms with Crippen molar-refractivity contribution in [1.82, 2.24) is 9.97 Å². The van der Waals surface area contributed by atoms with Crippen molar-refractivity contribution in [3.05, 3.63) is 44.9 Å². The van der Waals surface area contributed by atoms with E-state index in [9.17, 15) is 4.79 Å². The molecule has 2 aromatic rings. The lowest BCUT2D eigenvalue weighted by Gasteiger charge is -2.12. The van der Waals surface area contributed by atoms with Gasteiger partial charge in [0.05, 0.1) is 18.8 Å². The zero-order chi connectivity index (χ0) is 14.5. The van der Waals surface area contributed by atoms with Gasteiger partial charge in [-0.25, -0.2) is 4.98 Å². The van der Waals surface area contributed by atoms with Crippen LogP contribution in [0, 0.1) is 0 Å². The van der Waals surface area contributed by atoms with Crippen LogP contribution in [0.1, 0.15) is 12.5 Å². The second kappa shape index (κ2) is 6.76. The van der Waals surface area contributed by atoms with Crippen molar-refractivity contribution < 1.29 is 4.74 Å². The highest BCUT2D eigenvalue weighted by atomic mass is 79.9. The summed E-state index contributed by atoms with van der Waals surface area (Å²) in [6.07, 6.45) is 1.34. The maximum Gasteiger partial charge on any atom is 0.267 e. The Bertz CT molecular complexity index is 660. The number of anilines is 2. The zero-order valence-electron chi connectivity index (χ0n) is 10.7. The van der Waals surface area contributed by atoms with Gasteiger partial charge in [-0.2, -0.15) is 0 Å². The van der Waals surface area contributed by atoms with Gasteiger partial charge >= 0.3 is 0 Å². The number of ether oxygens (including phenoxy) is 1. The number of hydrogen-bond acceptors (Lipinski definition) is 4. The molecule has 0 radical (unpaired) electrons. The average Bonchev–Trinajstić information content (AvgIpc) is 2.45. The van der Waals surface area contributed by atoms with E-state index in [1.807, 2.05) is 25.1 Å². The molecule has 0 aliphatic heterocycles. The highest BCUT2D eigenvalue weighted by molar-refractivity contribution is 9.10. The van der Waals surface area contributed by atoms with E-state index in [4.69, 9.17) is 16.3 Å². The summed E-state index contributed by atoms with van der Waals surface area (Å²) in [6.45, 7) is 2.50. The average molecular weight is 359 g/mol. The van der Waals surface area contributed by atoms with E-state index >= 15 is 0 Å². The van der Waals surface area contributed by atoms with Gasteiger partial charge in [-0.15, -0.1) is 11.6 Å². The van der Waals surface area contributed by atoms with E-state index in [1.165, 1.54) is 6.33 Å².